The number of hydrogen-bond acceptors (Lipinski definition) is 5. The number of fused-ring (bicyclic) bond motifs is 1. The minimum Gasteiger partial charge on any atom is -0.397 e. The summed E-state index contributed by atoms with van der Waals surface area (Å²) in [7, 11) is 0. The quantitative estimate of drug-likeness (QED) is 0.199. The third-order valence-electron chi connectivity index (χ3n) is 7.56. The molecule has 0 aliphatic rings. The standard InChI is InChI=1S/C38H29N5/c39-33-22-12-13-23-34(33)43(31-19-8-3-9-20-31)26-30-25-24-27-14-10-11-21-32(27)35(30)38-41-36(28-15-4-1-5-16-28)40-37(42-38)29-17-6-2-7-18-29/h1-25H,26,39H2. The van der Waals surface area contributed by atoms with Crippen molar-refractivity contribution in [1.29, 1.82) is 0 Å². The van der Waals surface area contributed by atoms with Crippen LogP contribution < -0.4 is 10.6 Å². The Bertz CT molecular complexity index is 1950. The molecule has 0 amide bonds. The molecule has 43 heavy (non-hydrogen) atoms. The first kappa shape index (κ1) is 26.1. The number of nitrogens with two attached hydrogens (primary N) is 1. The van der Waals surface area contributed by atoms with Crippen molar-refractivity contribution < 1.29 is 0 Å². The number of benzene rings is 6. The molecule has 0 fully saturated rings. The third-order valence-corrected chi connectivity index (χ3v) is 7.56. The highest BCUT2D eigenvalue weighted by molar-refractivity contribution is 5.97. The lowest BCUT2D eigenvalue weighted by atomic mass is 9.97. The normalized spacial score (nSPS) is 11.0. The number of anilines is 3. The fourth-order valence-electron chi connectivity index (χ4n) is 5.46. The molecule has 0 atom stereocenters. The zero-order chi connectivity index (χ0) is 29.0. The van der Waals surface area contributed by atoms with E-state index in [4.69, 9.17) is 20.7 Å². The molecule has 2 N–H and O–H groups in total. The number of hydrogen-bond donors (Lipinski definition) is 1. The number of rotatable bonds is 7. The molecule has 0 spiro atoms. The van der Waals surface area contributed by atoms with Crippen molar-refractivity contribution in [2.24, 2.45) is 0 Å². The zero-order valence-corrected chi connectivity index (χ0v) is 23.5. The predicted molar refractivity (Wildman–Crippen MR) is 177 cm³/mol. The molecule has 206 valence electrons. The maximum absolute atomic E-state index is 6.55. The molecule has 0 saturated heterocycles. The van der Waals surface area contributed by atoms with Gasteiger partial charge in [0.2, 0.25) is 0 Å². The molecule has 6 aromatic carbocycles. The van der Waals surface area contributed by atoms with Crippen LogP contribution in [0.25, 0.3) is 44.9 Å². The minimum absolute atomic E-state index is 0.561. The first-order chi connectivity index (χ1) is 21.2. The number of nitrogen functional groups attached to an aromatic ring is 1. The largest absolute Gasteiger partial charge is 0.397 e. The van der Waals surface area contributed by atoms with Gasteiger partial charge < -0.3 is 10.6 Å². The lowest BCUT2D eigenvalue weighted by molar-refractivity contribution is 0.974. The van der Waals surface area contributed by atoms with Crippen LogP contribution in [0.4, 0.5) is 17.1 Å². The first-order valence-electron chi connectivity index (χ1n) is 14.3. The van der Waals surface area contributed by atoms with Crippen LogP contribution >= 0.6 is 0 Å². The zero-order valence-electron chi connectivity index (χ0n) is 23.5. The van der Waals surface area contributed by atoms with E-state index in [1.165, 1.54) is 0 Å². The molecule has 7 aromatic rings. The molecule has 1 aromatic heterocycles. The Morgan fingerprint density at radius 3 is 1.67 bits per heavy atom. The van der Waals surface area contributed by atoms with Crippen LogP contribution in [0.3, 0.4) is 0 Å². The third kappa shape index (κ3) is 5.32. The van der Waals surface area contributed by atoms with Crippen molar-refractivity contribution in [1.82, 2.24) is 15.0 Å². The van der Waals surface area contributed by atoms with Crippen molar-refractivity contribution in [3.63, 3.8) is 0 Å². The van der Waals surface area contributed by atoms with Crippen molar-refractivity contribution in [2.75, 3.05) is 10.6 Å². The molecular formula is C38H29N5. The molecule has 0 saturated carbocycles. The summed E-state index contributed by atoms with van der Waals surface area (Å²) in [5.41, 5.74) is 13.2. The smallest absolute Gasteiger partial charge is 0.165 e. The van der Waals surface area contributed by atoms with Crippen molar-refractivity contribution in [2.45, 2.75) is 6.54 Å². The fraction of sp³-hybridized carbons (Fsp3) is 0.0263. The molecular weight excluding hydrogens is 526 g/mol. The Balaban J connectivity index is 1.47. The monoisotopic (exact) mass is 555 g/mol. The van der Waals surface area contributed by atoms with Gasteiger partial charge in [-0.3, -0.25) is 0 Å². The van der Waals surface area contributed by atoms with Gasteiger partial charge >= 0.3 is 0 Å². The second-order valence-corrected chi connectivity index (χ2v) is 10.3. The SMILES string of the molecule is Nc1ccccc1N(Cc1ccc2ccccc2c1-c1nc(-c2ccccc2)nc(-c2ccccc2)n1)c1ccccc1. The second-order valence-electron chi connectivity index (χ2n) is 10.3. The molecule has 5 heteroatoms. The van der Waals surface area contributed by atoms with Crippen LogP contribution in [-0.4, -0.2) is 15.0 Å². The van der Waals surface area contributed by atoms with E-state index in [2.05, 4.69) is 59.5 Å². The first-order valence-corrected chi connectivity index (χ1v) is 14.3. The van der Waals surface area contributed by atoms with E-state index in [-0.39, 0.29) is 0 Å². The van der Waals surface area contributed by atoms with Gasteiger partial charge in [0, 0.05) is 28.9 Å². The fourth-order valence-corrected chi connectivity index (χ4v) is 5.46. The maximum Gasteiger partial charge on any atom is 0.165 e. The van der Waals surface area contributed by atoms with E-state index in [0.717, 1.165) is 44.4 Å². The van der Waals surface area contributed by atoms with Gasteiger partial charge in [0.05, 0.1) is 11.4 Å². The highest BCUT2D eigenvalue weighted by Crippen LogP contribution is 2.37. The highest BCUT2D eigenvalue weighted by Gasteiger charge is 2.20. The summed E-state index contributed by atoms with van der Waals surface area (Å²) in [6.07, 6.45) is 0. The van der Waals surface area contributed by atoms with Gasteiger partial charge in [-0.05, 0) is 40.6 Å². The second kappa shape index (κ2) is 11.6. The Labute approximate surface area is 251 Å². The van der Waals surface area contributed by atoms with Crippen molar-refractivity contribution >= 4 is 27.8 Å². The van der Waals surface area contributed by atoms with Gasteiger partial charge in [0.25, 0.3) is 0 Å². The molecule has 0 aliphatic carbocycles. The van der Waals surface area contributed by atoms with Crippen LogP contribution in [0.5, 0.6) is 0 Å². The summed E-state index contributed by atoms with van der Waals surface area (Å²) in [4.78, 5) is 17.4. The minimum atomic E-state index is 0.561. The van der Waals surface area contributed by atoms with Gasteiger partial charge in [0.15, 0.2) is 17.5 Å². The lowest BCUT2D eigenvalue weighted by Gasteiger charge is -2.28. The van der Waals surface area contributed by atoms with Gasteiger partial charge in [0.1, 0.15) is 0 Å². The van der Waals surface area contributed by atoms with E-state index in [0.29, 0.717) is 29.7 Å². The molecule has 0 bridgehead atoms. The van der Waals surface area contributed by atoms with E-state index in [1.54, 1.807) is 0 Å². The van der Waals surface area contributed by atoms with Crippen LogP contribution in [0.1, 0.15) is 5.56 Å². The molecule has 0 radical (unpaired) electrons. The molecule has 7 rings (SSSR count). The molecule has 5 nitrogen and oxygen atoms in total. The summed E-state index contributed by atoms with van der Waals surface area (Å²) >= 11 is 0. The summed E-state index contributed by atoms with van der Waals surface area (Å²) in [5, 5.41) is 2.20. The summed E-state index contributed by atoms with van der Waals surface area (Å²) in [5.74, 6) is 1.90. The summed E-state index contributed by atoms with van der Waals surface area (Å²) < 4.78 is 0. The summed E-state index contributed by atoms with van der Waals surface area (Å²) in [6, 6.07) is 51.2. The topological polar surface area (TPSA) is 67.9 Å². The van der Waals surface area contributed by atoms with Crippen molar-refractivity contribution in [3.8, 4) is 34.2 Å². The predicted octanol–water partition coefficient (Wildman–Crippen LogP) is 8.95. The maximum atomic E-state index is 6.55. The molecule has 1 heterocycles. The average Bonchev–Trinajstić information content (AvgIpc) is 3.08. The van der Waals surface area contributed by atoms with Crippen molar-refractivity contribution in [3.05, 3.63) is 157 Å². The molecule has 0 unspecified atom stereocenters. The van der Waals surface area contributed by atoms with Crippen LogP contribution in [0, 0.1) is 0 Å². The van der Waals surface area contributed by atoms with E-state index in [1.807, 2.05) is 97.1 Å². The highest BCUT2D eigenvalue weighted by atomic mass is 15.1. The average molecular weight is 556 g/mol. The molecule has 0 aliphatic heterocycles. The Kier molecular flexibility index (Phi) is 7.04. The van der Waals surface area contributed by atoms with Gasteiger partial charge in [-0.2, -0.15) is 0 Å². The number of nitrogens with zero attached hydrogens (tertiary/aromatic N) is 4. The van der Waals surface area contributed by atoms with E-state index < -0.39 is 0 Å². The van der Waals surface area contributed by atoms with Gasteiger partial charge in [-0.15, -0.1) is 0 Å². The van der Waals surface area contributed by atoms with Crippen LogP contribution in [0.2, 0.25) is 0 Å². The number of aromatic nitrogens is 3. The van der Waals surface area contributed by atoms with E-state index >= 15 is 0 Å². The van der Waals surface area contributed by atoms with Gasteiger partial charge in [-0.1, -0.05) is 127 Å². The van der Waals surface area contributed by atoms with Gasteiger partial charge in [-0.25, -0.2) is 15.0 Å². The number of para-hydroxylation sites is 3. The Hall–Kier alpha value is -5.81. The summed E-state index contributed by atoms with van der Waals surface area (Å²) in [6.45, 7) is 0.561. The van der Waals surface area contributed by atoms with E-state index in [9.17, 15) is 0 Å². The Morgan fingerprint density at radius 1 is 0.488 bits per heavy atom. The Morgan fingerprint density at radius 2 is 1.02 bits per heavy atom. The van der Waals surface area contributed by atoms with Crippen LogP contribution in [-0.2, 0) is 6.54 Å². The lowest BCUT2D eigenvalue weighted by Crippen LogP contribution is -2.18. The van der Waals surface area contributed by atoms with Crippen LogP contribution in [0.15, 0.2) is 152 Å².